The van der Waals surface area contributed by atoms with Gasteiger partial charge in [0, 0.05) is 0 Å². The minimum absolute atomic E-state index is 0.246. The van der Waals surface area contributed by atoms with Gasteiger partial charge in [-0.2, -0.15) is 0 Å². The number of aromatic nitrogens is 2. The van der Waals surface area contributed by atoms with Gasteiger partial charge in [-0.1, -0.05) is 12.1 Å². The highest BCUT2D eigenvalue weighted by Gasteiger charge is 2.20. The molecule has 2 aromatic rings. The van der Waals surface area contributed by atoms with Gasteiger partial charge in [-0.15, -0.1) is 0 Å². The van der Waals surface area contributed by atoms with Crippen LogP contribution in [0.1, 0.15) is 31.2 Å². The molecule has 1 aromatic heterocycles. The molecule has 0 aliphatic carbocycles. The summed E-state index contributed by atoms with van der Waals surface area (Å²) in [6, 6.07) is 5.92. The van der Waals surface area contributed by atoms with E-state index in [2.05, 4.69) is 9.97 Å². The topological polar surface area (TPSA) is 55.0 Å². The number of carbonyl (C=O) groups is 1. The molecule has 1 heterocycles. The van der Waals surface area contributed by atoms with Gasteiger partial charge in [-0.25, -0.2) is 4.98 Å². The molecule has 4 nitrogen and oxygen atoms in total. The molecule has 0 fully saturated rings. The summed E-state index contributed by atoms with van der Waals surface area (Å²) >= 11 is 0. The first-order valence-corrected chi connectivity index (χ1v) is 5.75. The summed E-state index contributed by atoms with van der Waals surface area (Å²) in [7, 11) is 0. The molecule has 0 radical (unpaired) electrons. The number of esters is 1. The average Bonchev–Trinajstić information content (AvgIpc) is 2.73. The minimum Gasteiger partial charge on any atom is -0.465 e. The summed E-state index contributed by atoms with van der Waals surface area (Å²) in [4.78, 5) is 19.2. The number of hydrogen-bond acceptors (Lipinski definition) is 3. The van der Waals surface area contributed by atoms with Gasteiger partial charge in [0.1, 0.15) is 11.7 Å². The van der Waals surface area contributed by atoms with Gasteiger partial charge in [0.05, 0.1) is 17.6 Å². The molecule has 4 heteroatoms. The summed E-state index contributed by atoms with van der Waals surface area (Å²) in [5.74, 6) is 0.0544. The maximum absolute atomic E-state index is 11.6. The van der Waals surface area contributed by atoms with E-state index in [-0.39, 0.29) is 11.9 Å². The van der Waals surface area contributed by atoms with Crippen LogP contribution in [0, 0.1) is 6.92 Å². The molecule has 1 aromatic carbocycles. The molecule has 0 aliphatic rings. The SMILES string of the molecule is CCOC(=O)C(C)c1nc2c(C)cccc2[nH]1. The predicted octanol–water partition coefficient (Wildman–Crippen LogP) is 2.54. The van der Waals surface area contributed by atoms with E-state index in [0.29, 0.717) is 12.4 Å². The maximum atomic E-state index is 11.6. The van der Waals surface area contributed by atoms with E-state index in [1.165, 1.54) is 0 Å². The largest absolute Gasteiger partial charge is 0.465 e. The normalized spacial score (nSPS) is 12.6. The molecule has 0 spiro atoms. The van der Waals surface area contributed by atoms with Gasteiger partial charge in [-0.3, -0.25) is 4.79 Å². The van der Waals surface area contributed by atoms with Crippen molar-refractivity contribution < 1.29 is 9.53 Å². The molecule has 1 N–H and O–H groups in total. The third-order valence-electron chi connectivity index (χ3n) is 2.78. The summed E-state index contributed by atoms with van der Waals surface area (Å²) in [5, 5.41) is 0. The zero-order valence-corrected chi connectivity index (χ0v) is 10.3. The van der Waals surface area contributed by atoms with E-state index < -0.39 is 0 Å². The molecule has 0 saturated heterocycles. The van der Waals surface area contributed by atoms with Crippen LogP contribution in [0.15, 0.2) is 18.2 Å². The van der Waals surface area contributed by atoms with Crippen LogP contribution in [0.3, 0.4) is 0 Å². The fourth-order valence-electron chi connectivity index (χ4n) is 1.78. The lowest BCUT2D eigenvalue weighted by Crippen LogP contribution is -2.14. The standard InChI is InChI=1S/C13H16N2O2/c1-4-17-13(16)9(3)12-14-10-7-5-6-8(2)11(10)15-12/h5-7,9H,4H2,1-3H3,(H,14,15). The Balaban J connectivity index is 2.36. The molecule has 17 heavy (non-hydrogen) atoms. The van der Waals surface area contributed by atoms with Crippen LogP contribution in [0.25, 0.3) is 11.0 Å². The number of H-pyrrole nitrogens is 1. The molecular weight excluding hydrogens is 216 g/mol. The second-order valence-corrected chi connectivity index (χ2v) is 4.07. The van der Waals surface area contributed by atoms with Gasteiger partial charge in [0.25, 0.3) is 0 Å². The summed E-state index contributed by atoms with van der Waals surface area (Å²) < 4.78 is 4.99. The third-order valence-corrected chi connectivity index (χ3v) is 2.78. The van der Waals surface area contributed by atoms with Crippen LogP contribution in [0.5, 0.6) is 0 Å². The smallest absolute Gasteiger partial charge is 0.316 e. The Labute approximate surface area is 100 Å². The number of fused-ring (bicyclic) bond motifs is 1. The van der Waals surface area contributed by atoms with Crippen LogP contribution in [-0.2, 0) is 9.53 Å². The van der Waals surface area contributed by atoms with Crippen LogP contribution in [0.2, 0.25) is 0 Å². The number of ether oxygens (including phenoxy) is 1. The molecule has 0 saturated carbocycles. The lowest BCUT2D eigenvalue weighted by Gasteiger charge is -2.06. The number of nitrogens with zero attached hydrogens (tertiary/aromatic N) is 1. The number of benzene rings is 1. The van der Waals surface area contributed by atoms with Gasteiger partial charge < -0.3 is 9.72 Å². The van der Waals surface area contributed by atoms with Crippen molar-refractivity contribution in [2.24, 2.45) is 0 Å². The monoisotopic (exact) mass is 232 g/mol. The number of carbonyl (C=O) groups excluding carboxylic acids is 1. The number of aryl methyl sites for hydroxylation is 1. The Hall–Kier alpha value is -1.84. The fourth-order valence-corrected chi connectivity index (χ4v) is 1.78. The van der Waals surface area contributed by atoms with Crippen LogP contribution < -0.4 is 0 Å². The predicted molar refractivity (Wildman–Crippen MR) is 65.9 cm³/mol. The Bertz CT molecular complexity index is 545. The fraction of sp³-hybridized carbons (Fsp3) is 0.385. The Morgan fingerprint density at radius 1 is 1.53 bits per heavy atom. The molecule has 90 valence electrons. The van der Waals surface area contributed by atoms with Gasteiger partial charge in [-0.05, 0) is 32.4 Å². The van der Waals surface area contributed by atoms with Crippen LogP contribution in [0.4, 0.5) is 0 Å². The Kier molecular flexibility index (Phi) is 3.13. The molecule has 1 atom stereocenters. The van der Waals surface area contributed by atoms with Crippen LogP contribution >= 0.6 is 0 Å². The first-order chi connectivity index (χ1) is 8.13. The van der Waals surface area contributed by atoms with Gasteiger partial charge in [0.15, 0.2) is 0 Å². The zero-order valence-electron chi connectivity index (χ0n) is 10.3. The molecule has 0 bridgehead atoms. The quantitative estimate of drug-likeness (QED) is 0.827. The maximum Gasteiger partial charge on any atom is 0.316 e. The number of rotatable bonds is 3. The molecule has 0 amide bonds. The molecule has 1 unspecified atom stereocenters. The van der Waals surface area contributed by atoms with Crippen molar-refractivity contribution in [2.75, 3.05) is 6.61 Å². The molecule has 2 rings (SSSR count). The van der Waals surface area contributed by atoms with E-state index >= 15 is 0 Å². The van der Waals surface area contributed by atoms with Crippen molar-refractivity contribution in [3.63, 3.8) is 0 Å². The second-order valence-electron chi connectivity index (χ2n) is 4.07. The van der Waals surface area contributed by atoms with Crippen molar-refractivity contribution >= 4 is 17.0 Å². The van der Waals surface area contributed by atoms with Gasteiger partial charge >= 0.3 is 5.97 Å². The van der Waals surface area contributed by atoms with Gasteiger partial charge in [0.2, 0.25) is 0 Å². The summed E-state index contributed by atoms with van der Waals surface area (Å²) in [5.41, 5.74) is 2.97. The average molecular weight is 232 g/mol. The van der Waals surface area contributed by atoms with E-state index in [9.17, 15) is 4.79 Å². The molecular formula is C13H16N2O2. The summed E-state index contributed by atoms with van der Waals surface area (Å²) in [6.07, 6.45) is 0. The highest BCUT2D eigenvalue weighted by atomic mass is 16.5. The number of nitrogens with one attached hydrogen (secondary N) is 1. The lowest BCUT2D eigenvalue weighted by atomic mass is 10.2. The minimum atomic E-state index is -0.359. The van der Waals surface area contributed by atoms with E-state index in [1.54, 1.807) is 13.8 Å². The van der Waals surface area contributed by atoms with Crippen molar-refractivity contribution in [3.8, 4) is 0 Å². The van der Waals surface area contributed by atoms with E-state index in [4.69, 9.17) is 4.74 Å². The number of para-hydroxylation sites is 1. The highest BCUT2D eigenvalue weighted by Crippen LogP contribution is 2.20. The van der Waals surface area contributed by atoms with Crippen molar-refractivity contribution in [2.45, 2.75) is 26.7 Å². The highest BCUT2D eigenvalue weighted by molar-refractivity contribution is 5.82. The third kappa shape index (κ3) is 2.16. The first-order valence-electron chi connectivity index (χ1n) is 5.75. The van der Waals surface area contributed by atoms with Crippen molar-refractivity contribution in [1.29, 1.82) is 0 Å². The number of imidazole rings is 1. The van der Waals surface area contributed by atoms with E-state index in [0.717, 1.165) is 16.6 Å². The zero-order chi connectivity index (χ0) is 12.4. The molecule has 0 aliphatic heterocycles. The number of hydrogen-bond donors (Lipinski definition) is 1. The first kappa shape index (κ1) is 11.6. The Morgan fingerprint density at radius 3 is 2.94 bits per heavy atom. The Morgan fingerprint density at radius 2 is 2.29 bits per heavy atom. The van der Waals surface area contributed by atoms with Crippen molar-refractivity contribution in [1.82, 2.24) is 9.97 Å². The lowest BCUT2D eigenvalue weighted by molar-refractivity contribution is -0.144. The van der Waals surface area contributed by atoms with Crippen molar-refractivity contribution in [3.05, 3.63) is 29.6 Å². The van der Waals surface area contributed by atoms with E-state index in [1.807, 2.05) is 25.1 Å². The van der Waals surface area contributed by atoms with Crippen LogP contribution in [-0.4, -0.2) is 22.5 Å². The number of aromatic amines is 1. The second kappa shape index (κ2) is 4.57. The summed E-state index contributed by atoms with van der Waals surface area (Å²) in [6.45, 7) is 5.99.